The quantitative estimate of drug-likeness (QED) is 0.262. The van der Waals surface area contributed by atoms with Gasteiger partial charge in [0.2, 0.25) is 17.5 Å². The van der Waals surface area contributed by atoms with E-state index in [1.165, 1.54) is 38.5 Å². The Balaban J connectivity index is 1.44. The molecule has 36 heavy (non-hydrogen) atoms. The van der Waals surface area contributed by atoms with Crippen molar-refractivity contribution in [3.8, 4) is 0 Å². The Morgan fingerprint density at radius 1 is 0.639 bits per heavy atom. The summed E-state index contributed by atoms with van der Waals surface area (Å²) in [5, 5.41) is 7.67. The summed E-state index contributed by atoms with van der Waals surface area (Å²) in [5.41, 5.74) is 5.23. The van der Waals surface area contributed by atoms with Crippen LogP contribution in [0, 0.1) is 0 Å². The lowest BCUT2D eigenvalue weighted by Crippen LogP contribution is -2.19. The Bertz CT molecular complexity index is 1500. The van der Waals surface area contributed by atoms with Crippen molar-refractivity contribution in [2.45, 2.75) is 0 Å². The number of imidazole rings is 4. The van der Waals surface area contributed by atoms with Crippen LogP contribution >= 0.6 is 0 Å². The molecule has 4 heterocycles. The number of anilines is 3. The molecule has 16 nitrogen and oxygen atoms in total. The molecule has 4 aromatic rings. The first-order chi connectivity index (χ1) is 17.0. The fraction of sp³-hybridized carbons (Fsp3) is 0.200. The molecule has 0 unspecified atom stereocenters. The highest BCUT2D eigenvalue weighted by Crippen LogP contribution is 2.14. The number of carbonyl (C=O) groups excluding carboxylic acids is 4. The topological polar surface area (TPSA) is 202 Å². The summed E-state index contributed by atoms with van der Waals surface area (Å²) in [6, 6.07) is 0. The highest BCUT2D eigenvalue weighted by atomic mass is 16.2. The Hall–Kier alpha value is -5.28. The second-order valence-electron chi connectivity index (χ2n) is 7.77. The molecule has 16 heteroatoms. The number of rotatable bonds is 7. The van der Waals surface area contributed by atoms with Crippen LogP contribution in [-0.4, -0.2) is 61.8 Å². The SMILES string of the molecule is Cn1cc(NC(=O)c2nc(NC(=O)c3nc(NC(=O)c4nccn4C)cn3C)cn2C)nc1C(N)=O. The van der Waals surface area contributed by atoms with Gasteiger partial charge in [-0.1, -0.05) is 0 Å². The van der Waals surface area contributed by atoms with Gasteiger partial charge in [-0.2, -0.15) is 0 Å². The molecule has 0 aliphatic carbocycles. The normalized spacial score (nSPS) is 10.8. The van der Waals surface area contributed by atoms with Gasteiger partial charge in [0.05, 0.1) is 0 Å². The van der Waals surface area contributed by atoms with Crippen LogP contribution in [0.1, 0.15) is 42.5 Å². The number of nitrogens with one attached hydrogen (secondary N) is 3. The Morgan fingerprint density at radius 3 is 1.39 bits per heavy atom. The molecular weight excluding hydrogens is 472 g/mol. The lowest BCUT2D eigenvalue weighted by Gasteiger charge is -2.01. The van der Waals surface area contributed by atoms with Gasteiger partial charge in [0.25, 0.3) is 23.6 Å². The standard InChI is InChI=1S/C20H22N12O4/c1-29-6-5-22-15(29)18(34)26-11-8-31(3)17(24-11)20(36)28-12-9-32(4)16(25-12)19(35)27-10-7-30(2)14(23-10)13(21)33/h5-9H,1-4H3,(H2,21,33)(H,26,34)(H,27,35)(H,28,36). The predicted molar refractivity (Wildman–Crippen MR) is 125 cm³/mol. The average Bonchev–Trinajstić information content (AvgIpc) is 3.55. The fourth-order valence-corrected chi connectivity index (χ4v) is 3.33. The second kappa shape index (κ2) is 9.16. The van der Waals surface area contributed by atoms with Crippen molar-refractivity contribution in [1.82, 2.24) is 38.2 Å². The molecule has 4 amide bonds. The summed E-state index contributed by atoms with van der Waals surface area (Å²) in [6.07, 6.45) is 7.45. The molecule has 4 rings (SSSR count). The van der Waals surface area contributed by atoms with E-state index in [-0.39, 0.29) is 40.8 Å². The van der Waals surface area contributed by atoms with Gasteiger partial charge in [-0.3, -0.25) is 19.2 Å². The average molecular weight is 494 g/mol. The lowest BCUT2D eigenvalue weighted by molar-refractivity contribution is 0.0982. The van der Waals surface area contributed by atoms with E-state index in [1.54, 1.807) is 39.0 Å². The van der Waals surface area contributed by atoms with Crippen LogP contribution in [0.3, 0.4) is 0 Å². The number of amides is 4. The van der Waals surface area contributed by atoms with E-state index in [0.29, 0.717) is 0 Å². The highest BCUT2D eigenvalue weighted by Gasteiger charge is 2.21. The van der Waals surface area contributed by atoms with Crippen molar-refractivity contribution >= 4 is 41.1 Å². The van der Waals surface area contributed by atoms with Gasteiger partial charge in [-0.25, -0.2) is 19.9 Å². The third kappa shape index (κ3) is 4.67. The largest absolute Gasteiger partial charge is 0.363 e. The van der Waals surface area contributed by atoms with E-state index >= 15 is 0 Å². The zero-order valence-corrected chi connectivity index (χ0v) is 19.7. The van der Waals surface area contributed by atoms with Gasteiger partial charge in [0.1, 0.15) is 0 Å². The van der Waals surface area contributed by atoms with E-state index in [1.807, 2.05) is 0 Å². The molecule has 5 N–H and O–H groups in total. The number of hydrogen-bond donors (Lipinski definition) is 4. The second-order valence-corrected chi connectivity index (χ2v) is 7.77. The first-order valence-electron chi connectivity index (χ1n) is 10.3. The van der Waals surface area contributed by atoms with Crippen molar-refractivity contribution in [2.75, 3.05) is 16.0 Å². The number of nitrogens with zero attached hydrogens (tertiary/aromatic N) is 8. The number of primary amides is 1. The molecule has 0 radical (unpaired) electrons. The summed E-state index contributed by atoms with van der Waals surface area (Å²) in [4.78, 5) is 65.3. The lowest BCUT2D eigenvalue weighted by atomic mass is 10.5. The highest BCUT2D eigenvalue weighted by molar-refractivity contribution is 6.05. The van der Waals surface area contributed by atoms with E-state index < -0.39 is 23.6 Å². The molecule has 0 bridgehead atoms. The number of aromatic nitrogens is 8. The van der Waals surface area contributed by atoms with Crippen molar-refractivity contribution in [1.29, 1.82) is 0 Å². The fourth-order valence-electron chi connectivity index (χ4n) is 3.33. The summed E-state index contributed by atoms with van der Waals surface area (Å²) >= 11 is 0. The van der Waals surface area contributed by atoms with Crippen molar-refractivity contribution in [3.05, 3.63) is 54.3 Å². The first-order valence-corrected chi connectivity index (χ1v) is 10.3. The minimum absolute atomic E-state index is 0.00531. The van der Waals surface area contributed by atoms with E-state index in [0.717, 1.165) is 0 Å². The van der Waals surface area contributed by atoms with Gasteiger partial charge in [-0.15, -0.1) is 0 Å². The van der Waals surface area contributed by atoms with E-state index in [9.17, 15) is 19.2 Å². The molecular formula is C20H22N12O4. The molecule has 186 valence electrons. The number of carbonyl (C=O) groups is 4. The molecule has 0 saturated carbocycles. The third-order valence-corrected chi connectivity index (χ3v) is 5.00. The van der Waals surface area contributed by atoms with Gasteiger partial charge in [0, 0.05) is 59.2 Å². The van der Waals surface area contributed by atoms with Crippen LogP contribution in [0.15, 0.2) is 31.0 Å². The molecule has 0 saturated heterocycles. The minimum atomic E-state index is -0.742. The minimum Gasteiger partial charge on any atom is -0.363 e. The molecule has 0 aliphatic heterocycles. The molecule has 0 fully saturated rings. The third-order valence-electron chi connectivity index (χ3n) is 5.00. The monoisotopic (exact) mass is 494 g/mol. The van der Waals surface area contributed by atoms with Crippen LogP contribution < -0.4 is 21.7 Å². The maximum Gasteiger partial charge on any atom is 0.292 e. The maximum atomic E-state index is 12.8. The predicted octanol–water partition coefficient (Wildman–Crippen LogP) is -0.524. The molecule has 0 spiro atoms. The molecule has 0 atom stereocenters. The maximum absolute atomic E-state index is 12.8. The van der Waals surface area contributed by atoms with Gasteiger partial charge in [0.15, 0.2) is 23.3 Å². The molecule has 0 aromatic carbocycles. The first kappa shape index (κ1) is 23.9. The summed E-state index contributed by atoms with van der Waals surface area (Å²) in [5.74, 6) is -1.98. The Labute approximate surface area is 203 Å². The van der Waals surface area contributed by atoms with Crippen LogP contribution in [0.25, 0.3) is 0 Å². The van der Waals surface area contributed by atoms with E-state index in [4.69, 9.17) is 5.73 Å². The van der Waals surface area contributed by atoms with Crippen molar-refractivity contribution in [2.24, 2.45) is 33.9 Å². The molecule has 0 aliphatic rings. The Kier molecular flexibility index (Phi) is 6.07. The molecule has 4 aromatic heterocycles. The summed E-state index contributed by atoms with van der Waals surface area (Å²) in [6.45, 7) is 0. The van der Waals surface area contributed by atoms with Crippen molar-refractivity contribution in [3.63, 3.8) is 0 Å². The smallest absolute Gasteiger partial charge is 0.292 e. The van der Waals surface area contributed by atoms with Gasteiger partial charge in [-0.05, 0) is 0 Å². The van der Waals surface area contributed by atoms with E-state index in [2.05, 4.69) is 35.9 Å². The zero-order valence-electron chi connectivity index (χ0n) is 19.7. The van der Waals surface area contributed by atoms with Crippen LogP contribution in [-0.2, 0) is 28.2 Å². The summed E-state index contributed by atoms with van der Waals surface area (Å²) < 4.78 is 5.75. The summed E-state index contributed by atoms with van der Waals surface area (Å²) in [7, 11) is 6.39. The van der Waals surface area contributed by atoms with Crippen LogP contribution in [0.5, 0.6) is 0 Å². The number of aryl methyl sites for hydroxylation is 4. The van der Waals surface area contributed by atoms with Crippen LogP contribution in [0.4, 0.5) is 17.5 Å². The Morgan fingerprint density at radius 2 is 1.03 bits per heavy atom. The van der Waals surface area contributed by atoms with Gasteiger partial charge < -0.3 is 40.0 Å². The van der Waals surface area contributed by atoms with Gasteiger partial charge >= 0.3 is 0 Å². The van der Waals surface area contributed by atoms with Crippen LogP contribution in [0.2, 0.25) is 0 Å². The number of nitrogens with two attached hydrogens (primary N) is 1. The number of hydrogen-bond acceptors (Lipinski definition) is 8. The van der Waals surface area contributed by atoms with Crippen molar-refractivity contribution < 1.29 is 19.2 Å². The zero-order chi connectivity index (χ0) is 26.1.